The van der Waals surface area contributed by atoms with Crippen LogP contribution in [0.4, 0.5) is 0 Å². The van der Waals surface area contributed by atoms with Gasteiger partial charge in [0.15, 0.2) is 0 Å². The van der Waals surface area contributed by atoms with Crippen molar-refractivity contribution in [1.29, 1.82) is 0 Å². The SMILES string of the molecule is Cc1cc2nc(C(C)N)n(Cc3ccc(C(C)C)cc3)c2cc1C. The average molecular weight is 321 g/mol. The van der Waals surface area contributed by atoms with Gasteiger partial charge in [0.05, 0.1) is 17.1 Å². The maximum absolute atomic E-state index is 6.19. The van der Waals surface area contributed by atoms with Crippen molar-refractivity contribution in [3.8, 4) is 0 Å². The van der Waals surface area contributed by atoms with Crippen LogP contribution < -0.4 is 5.73 Å². The van der Waals surface area contributed by atoms with Gasteiger partial charge in [-0.05, 0) is 61.1 Å². The summed E-state index contributed by atoms with van der Waals surface area (Å²) in [6.45, 7) is 11.5. The number of nitrogens with zero attached hydrogens (tertiary/aromatic N) is 2. The Bertz CT molecular complexity index is 855. The molecule has 0 aliphatic heterocycles. The van der Waals surface area contributed by atoms with Crippen LogP contribution in [0.3, 0.4) is 0 Å². The highest BCUT2D eigenvalue weighted by Crippen LogP contribution is 2.25. The summed E-state index contributed by atoms with van der Waals surface area (Å²) in [6, 6.07) is 13.2. The summed E-state index contributed by atoms with van der Waals surface area (Å²) in [5.41, 5.74) is 13.6. The summed E-state index contributed by atoms with van der Waals surface area (Å²) < 4.78 is 2.26. The molecule has 0 aliphatic carbocycles. The smallest absolute Gasteiger partial charge is 0.126 e. The molecule has 1 heterocycles. The quantitative estimate of drug-likeness (QED) is 0.747. The number of imidazole rings is 1. The molecule has 0 amide bonds. The van der Waals surface area contributed by atoms with Crippen LogP contribution in [0, 0.1) is 13.8 Å². The van der Waals surface area contributed by atoms with Gasteiger partial charge >= 0.3 is 0 Å². The standard InChI is InChI=1S/C21H27N3/c1-13(2)18-8-6-17(7-9-18)12-24-20-11-15(4)14(3)10-19(20)23-21(24)16(5)22/h6-11,13,16H,12,22H2,1-5H3. The zero-order chi connectivity index (χ0) is 17.4. The topological polar surface area (TPSA) is 43.8 Å². The van der Waals surface area contributed by atoms with Crippen LogP contribution in [-0.2, 0) is 6.54 Å². The zero-order valence-corrected chi connectivity index (χ0v) is 15.3. The Kier molecular flexibility index (Phi) is 4.46. The van der Waals surface area contributed by atoms with E-state index in [9.17, 15) is 0 Å². The molecule has 3 nitrogen and oxygen atoms in total. The third-order valence-electron chi connectivity index (χ3n) is 4.79. The van der Waals surface area contributed by atoms with E-state index in [1.165, 1.54) is 27.8 Å². The molecule has 1 aromatic heterocycles. The first-order valence-corrected chi connectivity index (χ1v) is 8.68. The maximum Gasteiger partial charge on any atom is 0.126 e. The van der Waals surface area contributed by atoms with Crippen molar-refractivity contribution in [1.82, 2.24) is 9.55 Å². The van der Waals surface area contributed by atoms with E-state index in [4.69, 9.17) is 10.7 Å². The average Bonchev–Trinajstić information content (AvgIpc) is 2.86. The van der Waals surface area contributed by atoms with Gasteiger partial charge < -0.3 is 10.3 Å². The van der Waals surface area contributed by atoms with Crippen LogP contribution in [0.5, 0.6) is 0 Å². The van der Waals surface area contributed by atoms with E-state index in [2.05, 4.69) is 68.7 Å². The molecule has 2 N–H and O–H groups in total. The second kappa shape index (κ2) is 6.40. The van der Waals surface area contributed by atoms with Crippen LogP contribution in [0.1, 0.15) is 60.8 Å². The maximum atomic E-state index is 6.19. The highest BCUT2D eigenvalue weighted by atomic mass is 15.1. The Balaban J connectivity index is 2.06. The molecule has 0 radical (unpaired) electrons. The first-order chi connectivity index (χ1) is 11.4. The van der Waals surface area contributed by atoms with E-state index in [1.54, 1.807) is 0 Å². The van der Waals surface area contributed by atoms with Crippen LogP contribution in [0.2, 0.25) is 0 Å². The fourth-order valence-electron chi connectivity index (χ4n) is 3.10. The number of aromatic nitrogens is 2. The van der Waals surface area contributed by atoms with E-state index < -0.39 is 0 Å². The summed E-state index contributed by atoms with van der Waals surface area (Å²) >= 11 is 0. The van der Waals surface area contributed by atoms with Gasteiger partial charge in [0.1, 0.15) is 5.82 Å². The second-order valence-electron chi connectivity index (χ2n) is 7.17. The number of hydrogen-bond acceptors (Lipinski definition) is 2. The summed E-state index contributed by atoms with van der Waals surface area (Å²) in [7, 11) is 0. The molecule has 3 rings (SSSR count). The lowest BCUT2D eigenvalue weighted by Gasteiger charge is -2.13. The predicted octanol–water partition coefficient (Wildman–Crippen LogP) is 4.84. The van der Waals surface area contributed by atoms with Crippen molar-refractivity contribution in [2.24, 2.45) is 5.73 Å². The Morgan fingerprint density at radius 1 is 1.00 bits per heavy atom. The Morgan fingerprint density at radius 3 is 2.21 bits per heavy atom. The van der Waals surface area contributed by atoms with Gasteiger partial charge in [0.25, 0.3) is 0 Å². The minimum Gasteiger partial charge on any atom is -0.322 e. The fourth-order valence-corrected chi connectivity index (χ4v) is 3.10. The number of aryl methyl sites for hydroxylation is 2. The van der Waals surface area contributed by atoms with Gasteiger partial charge in [-0.25, -0.2) is 4.98 Å². The second-order valence-corrected chi connectivity index (χ2v) is 7.17. The van der Waals surface area contributed by atoms with Crippen LogP contribution in [-0.4, -0.2) is 9.55 Å². The normalized spacial score (nSPS) is 13.0. The molecule has 24 heavy (non-hydrogen) atoms. The Morgan fingerprint density at radius 2 is 1.62 bits per heavy atom. The highest BCUT2D eigenvalue weighted by molar-refractivity contribution is 5.78. The van der Waals surface area contributed by atoms with Crippen LogP contribution in [0.25, 0.3) is 11.0 Å². The lowest BCUT2D eigenvalue weighted by molar-refractivity contribution is 0.663. The molecule has 0 spiro atoms. The Hall–Kier alpha value is -2.13. The monoisotopic (exact) mass is 321 g/mol. The molecule has 0 bridgehead atoms. The first kappa shape index (κ1) is 16.7. The van der Waals surface area contributed by atoms with Gasteiger partial charge in [0.2, 0.25) is 0 Å². The molecule has 3 heteroatoms. The minimum atomic E-state index is -0.0899. The number of rotatable bonds is 4. The largest absolute Gasteiger partial charge is 0.322 e. The highest BCUT2D eigenvalue weighted by Gasteiger charge is 2.15. The van der Waals surface area contributed by atoms with Gasteiger partial charge in [-0.3, -0.25) is 0 Å². The van der Waals surface area contributed by atoms with E-state index in [0.29, 0.717) is 5.92 Å². The number of nitrogens with two attached hydrogens (primary N) is 1. The van der Waals surface area contributed by atoms with Gasteiger partial charge in [-0.15, -0.1) is 0 Å². The summed E-state index contributed by atoms with van der Waals surface area (Å²) in [4.78, 5) is 4.79. The van der Waals surface area contributed by atoms with Crippen molar-refractivity contribution < 1.29 is 0 Å². The molecule has 0 fully saturated rings. The summed E-state index contributed by atoms with van der Waals surface area (Å²) in [5, 5.41) is 0. The molecule has 0 saturated carbocycles. The minimum absolute atomic E-state index is 0.0899. The van der Waals surface area contributed by atoms with E-state index in [0.717, 1.165) is 17.9 Å². The van der Waals surface area contributed by atoms with E-state index >= 15 is 0 Å². The van der Waals surface area contributed by atoms with Crippen LogP contribution in [0.15, 0.2) is 36.4 Å². The third kappa shape index (κ3) is 3.09. The Labute approximate surface area is 144 Å². The van der Waals surface area contributed by atoms with E-state index in [1.807, 2.05) is 6.92 Å². The molecular weight excluding hydrogens is 294 g/mol. The summed E-state index contributed by atoms with van der Waals surface area (Å²) in [5.74, 6) is 1.50. The number of hydrogen-bond donors (Lipinski definition) is 1. The van der Waals surface area contributed by atoms with E-state index in [-0.39, 0.29) is 6.04 Å². The van der Waals surface area contributed by atoms with Crippen LogP contribution >= 0.6 is 0 Å². The molecule has 2 aromatic carbocycles. The first-order valence-electron chi connectivity index (χ1n) is 8.68. The lowest BCUT2D eigenvalue weighted by atomic mass is 10.0. The predicted molar refractivity (Wildman–Crippen MR) is 101 cm³/mol. The zero-order valence-electron chi connectivity index (χ0n) is 15.3. The van der Waals surface area contributed by atoms with Crippen molar-refractivity contribution in [3.05, 3.63) is 64.5 Å². The van der Waals surface area contributed by atoms with Gasteiger partial charge in [-0.1, -0.05) is 38.1 Å². The fraction of sp³-hybridized carbons (Fsp3) is 0.381. The van der Waals surface area contributed by atoms with Crippen molar-refractivity contribution in [3.63, 3.8) is 0 Å². The van der Waals surface area contributed by atoms with Gasteiger partial charge in [-0.2, -0.15) is 0 Å². The third-order valence-corrected chi connectivity index (χ3v) is 4.79. The molecular formula is C21H27N3. The molecule has 126 valence electrons. The van der Waals surface area contributed by atoms with Crippen molar-refractivity contribution in [2.45, 2.75) is 53.1 Å². The molecule has 0 saturated heterocycles. The molecule has 0 aliphatic rings. The van der Waals surface area contributed by atoms with Crippen molar-refractivity contribution >= 4 is 11.0 Å². The number of benzene rings is 2. The summed E-state index contributed by atoms with van der Waals surface area (Å²) in [6.07, 6.45) is 0. The number of fused-ring (bicyclic) bond motifs is 1. The van der Waals surface area contributed by atoms with Gasteiger partial charge in [0, 0.05) is 6.54 Å². The lowest BCUT2D eigenvalue weighted by Crippen LogP contribution is -2.14. The molecule has 1 unspecified atom stereocenters. The molecule has 1 atom stereocenters. The molecule has 3 aromatic rings. The van der Waals surface area contributed by atoms with Crippen molar-refractivity contribution in [2.75, 3.05) is 0 Å².